The summed E-state index contributed by atoms with van der Waals surface area (Å²) in [6.07, 6.45) is 1.97. The smallest absolute Gasteiger partial charge is 0.0468 e. The fourth-order valence-corrected chi connectivity index (χ4v) is 2.11. The number of aryl methyl sites for hydroxylation is 1. The van der Waals surface area contributed by atoms with Gasteiger partial charge in [0.2, 0.25) is 0 Å². The molecule has 1 aromatic carbocycles. The van der Waals surface area contributed by atoms with Crippen molar-refractivity contribution in [1.29, 1.82) is 0 Å². The van der Waals surface area contributed by atoms with Gasteiger partial charge in [-0.05, 0) is 40.0 Å². The Labute approximate surface area is 85.3 Å². The second kappa shape index (κ2) is 3.16. The molecule has 0 spiro atoms. The predicted octanol–water partition coefficient (Wildman–Crippen LogP) is 2.70. The standard InChI is InChI=1S/C10H11BrN2/c1-6-2-3-8-9(10(6)11)7(4-12)5-13-8/h2-3,5,13H,4,12H2,1H3. The van der Waals surface area contributed by atoms with Crippen LogP contribution >= 0.6 is 15.9 Å². The second-order valence-electron chi connectivity index (χ2n) is 3.14. The number of nitrogens with one attached hydrogen (secondary N) is 1. The summed E-state index contributed by atoms with van der Waals surface area (Å²) in [6, 6.07) is 4.16. The Morgan fingerprint density at radius 1 is 1.46 bits per heavy atom. The van der Waals surface area contributed by atoms with Gasteiger partial charge >= 0.3 is 0 Å². The fraction of sp³-hybridized carbons (Fsp3) is 0.200. The average Bonchev–Trinajstić information content (AvgIpc) is 2.55. The molecule has 0 radical (unpaired) electrons. The third kappa shape index (κ3) is 1.28. The van der Waals surface area contributed by atoms with Crippen molar-refractivity contribution in [3.8, 4) is 0 Å². The molecule has 2 rings (SSSR count). The molecule has 1 aromatic heterocycles. The highest BCUT2D eigenvalue weighted by Crippen LogP contribution is 2.29. The zero-order valence-electron chi connectivity index (χ0n) is 7.39. The summed E-state index contributed by atoms with van der Waals surface area (Å²) in [7, 11) is 0. The normalized spacial score (nSPS) is 11.0. The van der Waals surface area contributed by atoms with E-state index >= 15 is 0 Å². The molecule has 68 valence electrons. The van der Waals surface area contributed by atoms with E-state index < -0.39 is 0 Å². The monoisotopic (exact) mass is 238 g/mol. The van der Waals surface area contributed by atoms with Crippen LogP contribution in [0.2, 0.25) is 0 Å². The van der Waals surface area contributed by atoms with Gasteiger partial charge in [-0.1, -0.05) is 6.07 Å². The van der Waals surface area contributed by atoms with E-state index in [9.17, 15) is 0 Å². The number of benzene rings is 1. The number of hydrogen-bond acceptors (Lipinski definition) is 1. The van der Waals surface area contributed by atoms with Crippen molar-refractivity contribution >= 4 is 26.8 Å². The number of fused-ring (bicyclic) bond motifs is 1. The molecule has 0 saturated carbocycles. The molecule has 1 heterocycles. The highest BCUT2D eigenvalue weighted by atomic mass is 79.9. The largest absolute Gasteiger partial charge is 0.361 e. The molecule has 2 nitrogen and oxygen atoms in total. The number of aromatic nitrogens is 1. The van der Waals surface area contributed by atoms with Crippen LogP contribution in [-0.2, 0) is 6.54 Å². The summed E-state index contributed by atoms with van der Waals surface area (Å²) >= 11 is 3.58. The first kappa shape index (κ1) is 8.78. The van der Waals surface area contributed by atoms with Crippen molar-refractivity contribution in [3.63, 3.8) is 0 Å². The highest BCUT2D eigenvalue weighted by molar-refractivity contribution is 9.10. The van der Waals surface area contributed by atoms with Crippen LogP contribution in [0.15, 0.2) is 22.8 Å². The average molecular weight is 239 g/mol. The third-order valence-corrected chi connectivity index (χ3v) is 3.30. The van der Waals surface area contributed by atoms with Gasteiger partial charge < -0.3 is 10.7 Å². The molecule has 0 amide bonds. The first-order valence-corrected chi connectivity index (χ1v) is 4.98. The number of hydrogen-bond donors (Lipinski definition) is 2. The van der Waals surface area contributed by atoms with E-state index in [0.717, 1.165) is 15.6 Å². The van der Waals surface area contributed by atoms with Crippen molar-refractivity contribution in [2.24, 2.45) is 5.73 Å². The van der Waals surface area contributed by atoms with Crippen molar-refractivity contribution in [1.82, 2.24) is 4.98 Å². The lowest BCUT2D eigenvalue weighted by atomic mass is 10.1. The van der Waals surface area contributed by atoms with E-state index in [1.54, 1.807) is 0 Å². The first-order valence-electron chi connectivity index (χ1n) is 4.19. The highest BCUT2D eigenvalue weighted by Gasteiger charge is 2.07. The van der Waals surface area contributed by atoms with Gasteiger partial charge in [0, 0.05) is 28.1 Å². The Morgan fingerprint density at radius 3 is 2.92 bits per heavy atom. The summed E-state index contributed by atoms with van der Waals surface area (Å²) < 4.78 is 1.15. The minimum atomic E-state index is 0.571. The van der Waals surface area contributed by atoms with Crippen LogP contribution in [0.5, 0.6) is 0 Å². The van der Waals surface area contributed by atoms with Crippen LogP contribution in [0.25, 0.3) is 10.9 Å². The summed E-state index contributed by atoms with van der Waals surface area (Å²) in [5.74, 6) is 0. The van der Waals surface area contributed by atoms with Gasteiger partial charge in [-0.3, -0.25) is 0 Å². The van der Waals surface area contributed by atoms with E-state index in [0.29, 0.717) is 6.54 Å². The first-order chi connectivity index (χ1) is 6.24. The Hall–Kier alpha value is -0.800. The van der Waals surface area contributed by atoms with Crippen LogP contribution in [0.4, 0.5) is 0 Å². The third-order valence-electron chi connectivity index (χ3n) is 2.28. The maximum absolute atomic E-state index is 5.64. The van der Waals surface area contributed by atoms with Gasteiger partial charge in [-0.15, -0.1) is 0 Å². The van der Waals surface area contributed by atoms with Crippen LogP contribution in [0.3, 0.4) is 0 Å². The number of halogens is 1. The number of rotatable bonds is 1. The van der Waals surface area contributed by atoms with Gasteiger partial charge in [0.15, 0.2) is 0 Å². The SMILES string of the molecule is Cc1ccc2[nH]cc(CN)c2c1Br. The lowest BCUT2D eigenvalue weighted by molar-refractivity contribution is 1.08. The predicted molar refractivity (Wildman–Crippen MR) is 58.6 cm³/mol. The van der Waals surface area contributed by atoms with Gasteiger partial charge in [0.1, 0.15) is 0 Å². The number of H-pyrrole nitrogens is 1. The Kier molecular flexibility index (Phi) is 2.14. The van der Waals surface area contributed by atoms with Gasteiger partial charge in [0.25, 0.3) is 0 Å². The molecule has 13 heavy (non-hydrogen) atoms. The Morgan fingerprint density at radius 2 is 2.23 bits per heavy atom. The fourth-order valence-electron chi connectivity index (χ4n) is 1.51. The molecule has 0 saturated heterocycles. The van der Waals surface area contributed by atoms with E-state index in [2.05, 4.69) is 40.0 Å². The van der Waals surface area contributed by atoms with E-state index in [1.165, 1.54) is 10.9 Å². The van der Waals surface area contributed by atoms with E-state index in [1.807, 2.05) is 6.20 Å². The second-order valence-corrected chi connectivity index (χ2v) is 3.93. The quantitative estimate of drug-likeness (QED) is 0.789. The summed E-state index contributed by atoms with van der Waals surface area (Å²) in [4.78, 5) is 3.20. The van der Waals surface area contributed by atoms with Crippen molar-refractivity contribution in [2.45, 2.75) is 13.5 Å². The zero-order chi connectivity index (χ0) is 9.42. The molecule has 0 aliphatic heterocycles. The van der Waals surface area contributed by atoms with Crippen molar-refractivity contribution in [3.05, 3.63) is 33.9 Å². The van der Waals surface area contributed by atoms with Gasteiger partial charge in [0.05, 0.1) is 0 Å². The minimum absolute atomic E-state index is 0.571. The summed E-state index contributed by atoms with van der Waals surface area (Å²) in [5.41, 5.74) is 9.17. The van der Waals surface area contributed by atoms with Crippen molar-refractivity contribution < 1.29 is 0 Å². The molecule has 0 bridgehead atoms. The molecule has 2 aromatic rings. The Balaban J connectivity index is 2.85. The van der Waals surface area contributed by atoms with Crippen LogP contribution in [0.1, 0.15) is 11.1 Å². The molecule has 0 aliphatic rings. The maximum Gasteiger partial charge on any atom is 0.0468 e. The lowest BCUT2D eigenvalue weighted by Crippen LogP contribution is -1.94. The van der Waals surface area contributed by atoms with Crippen LogP contribution < -0.4 is 5.73 Å². The van der Waals surface area contributed by atoms with E-state index in [-0.39, 0.29) is 0 Å². The van der Waals surface area contributed by atoms with Gasteiger partial charge in [-0.25, -0.2) is 0 Å². The molecule has 3 heteroatoms. The number of nitrogens with two attached hydrogens (primary N) is 1. The molecule has 0 fully saturated rings. The molecular formula is C10H11BrN2. The van der Waals surface area contributed by atoms with Gasteiger partial charge in [-0.2, -0.15) is 0 Å². The Bertz CT molecular complexity index is 445. The molecule has 0 atom stereocenters. The molecule has 3 N–H and O–H groups in total. The topological polar surface area (TPSA) is 41.8 Å². The zero-order valence-corrected chi connectivity index (χ0v) is 8.98. The van der Waals surface area contributed by atoms with Crippen LogP contribution in [0, 0.1) is 6.92 Å². The number of aromatic amines is 1. The molecule has 0 aliphatic carbocycles. The van der Waals surface area contributed by atoms with Crippen molar-refractivity contribution in [2.75, 3.05) is 0 Å². The van der Waals surface area contributed by atoms with E-state index in [4.69, 9.17) is 5.73 Å². The lowest BCUT2D eigenvalue weighted by Gasteiger charge is -2.01. The molecule has 0 unspecified atom stereocenters. The van der Waals surface area contributed by atoms with Crippen LogP contribution in [-0.4, -0.2) is 4.98 Å². The summed E-state index contributed by atoms with van der Waals surface area (Å²) in [6.45, 7) is 2.65. The minimum Gasteiger partial charge on any atom is -0.361 e. The molecular weight excluding hydrogens is 228 g/mol. The maximum atomic E-state index is 5.64. The summed E-state index contributed by atoms with van der Waals surface area (Å²) in [5, 5.41) is 1.21.